The van der Waals surface area contributed by atoms with Crippen molar-refractivity contribution in [2.24, 2.45) is 0 Å². The molecule has 0 fully saturated rings. The van der Waals surface area contributed by atoms with E-state index in [1.165, 1.54) is 25.7 Å². The summed E-state index contributed by atoms with van der Waals surface area (Å²) < 4.78 is 0. The van der Waals surface area contributed by atoms with Crippen molar-refractivity contribution in [3.63, 3.8) is 0 Å². The lowest BCUT2D eigenvalue weighted by molar-refractivity contribution is 0.680. The van der Waals surface area contributed by atoms with Crippen LogP contribution in [0.3, 0.4) is 0 Å². The highest BCUT2D eigenvalue weighted by molar-refractivity contribution is 4.84. The standard InChI is InChI=1S/C12H23N/c1-3-5-7-8-9-10-12-13-11-6-4-2/h3,9-10,13H,1,4-8,11-12H2,2H3. The van der Waals surface area contributed by atoms with Crippen molar-refractivity contribution in [3.8, 4) is 0 Å². The van der Waals surface area contributed by atoms with E-state index in [4.69, 9.17) is 0 Å². The van der Waals surface area contributed by atoms with Gasteiger partial charge in [0.05, 0.1) is 0 Å². The van der Waals surface area contributed by atoms with E-state index in [1.54, 1.807) is 0 Å². The highest BCUT2D eigenvalue weighted by atomic mass is 14.8. The van der Waals surface area contributed by atoms with E-state index in [0.717, 1.165) is 19.5 Å². The highest BCUT2D eigenvalue weighted by Gasteiger charge is 1.82. The minimum absolute atomic E-state index is 1.02. The van der Waals surface area contributed by atoms with Crippen molar-refractivity contribution in [1.29, 1.82) is 0 Å². The van der Waals surface area contributed by atoms with E-state index in [9.17, 15) is 0 Å². The summed E-state index contributed by atoms with van der Waals surface area (Å²) in [5.41, 5.74) is 0. The van der Waals surface area contributed by atoms with E-state index in [1.807, 2.05) is 6.08 Å². The molecule has 1 nitrogen and oxygen atoms in total. The van der Waals surface area contributed by atoms with E-state index in [0.29, 0.717) is 0 Å². The van der Waals surface area contributed by atoms with Crippen LogP contribution >= 0.6 is 0 Å². The fourth-order valence-corrected chi connectivity index (χ4v) is 1.07. The Morgan fingerprint density at radius 3 is 2.69 bits per heavy atom. The van der Waals surface area contributed by atoms with Gasteiger partial charge in [-0.1, -0.05) is 31.6 Å². The van der Waals surface area contributed by atoms with E-state index in [-0.39, 0.29) is 0 Å². The lowest BCUT2D eigenvalue weighted by Crippen LogP contribution is -2.14. The maximum Gasteiger partial charge on any atom is 0.0134 e. The number of nitrogens with one attached hydrogen (secondary N) is 1. The van der Waals surface area contributed by atoms with Gasteiger partial charge in [0.1, 0.15) is 0 Å². The van der Waals surface area contributed by atoms with Crippen LogP contribution in [0.2, 0.25) is 0 Å². The molecule has 0 aliphatic heterocycles. The van der Waals surface area contributed by atoms with Crippen LogP contribution in [0.15, 0.2) is 24.8 Å². The topological polar surface area (TPSA) is 12.0 Å². The van der Waals surface area contributed by atoms with Crippen LogP contribution in [0, 0.1) is 0 Å². The Balaban J connectivity index is 2.98. The molecule has 0 rings (SSSR count). The molecule has 0 aromatic rings. The molecule has 13 heavy (non-hydrogen) atoms. The zero-order chi connectivity index (χ0) is 9.78. The van der Waals surface area contributed by atoms with Gasteiger partial charge in [0.15, 0.2) is 0 Å². The third-order valence-electron chi connectivity index (χ3n) is 1.92. The van der Waals surface area contributed by atoms with Crippen LogP contribution in [0.1, 0.15) is 39.0 Å². The van der Waals surface area contributed by atoms with Crippen LogP contribution in [0.5, 0.6) is 0 Å². The molecule has 0 aliphatic carbocycles. The number of allylic oxidation sites excluding steroid dienone is 2. The smallest absolute Gasteiger partial charge is 0.0134 e. The summed E-state index contributed by atoms with van der Waals surface area (Å²) in [6.45, 7) is 8.08. The van der Waals surface area contributed by atoms with Gasteiger partial charge in [0, 0.05) is 6.54 Å². The largest absolute Gasteiger partial charge is 0.313 e. The molecule has 0 saturated carbocycles. The second kappa shape index (κ2) is 11.4. The summed E-state index contributed by atoms with van der Waals surface area (Å²) in [6, 6.07) is 0. The third-order valence-corrected chi connectivity index (χ3v) is 1.92. The van der Waals surface area contributed by atoms with Crippen LogP contribution in [0.25, 0.3) is 0 Å². The molecule has 0 atom stereocenters. The first kappa shape index (κ1) is 12.4. The average molecular weight is 181 g/mol. The average Bonchev–Trinajstić information content (AvgIpc) is 2.16. The predicted octanol–water partition coefficient (Wildman–Crippen LogP) is 3.29. The monoisotopic (exact) mass is 181 g/mol. The number of hydrogen-bond donors (Lipinski definition) is 1. The van der Waals surface area contributed by atoms with Gasteiger partial charge in [-0.15, -0.1) is 6.58 Å². The van der Waals surface area contributed by atoms with Gasteiger partial charge in [-0.25, -0.2) is 0 Å². The van der Waals surface area contributed by atoms with Crippen molar-refractivity contribution in [1.82, 2.24) is 5.32 Å². The fraction of sp³-hybridized carbons (Fsp3) is 0.667. The molecule has 0 bridgehead atoms. The predicted molar refractivity (Wildman–Crippen MR) is 61.0 cm³/mol. The van der Waals surface area contributed by atoms with Gasteiger partial charge in [0.2, 0.25) is 0 Å². The molecule has 0 heterocycles. The maximum atomic E-state index is 3.69. The van der Waals surface area contributed by atoms with Gasteiger partial charge in [-0.05, 0) is 32.2 Å². The molecular formula is C12H23N. The fourth-order valence-electron chi connectivity index (χ4n) is 1.07. The second-order valence-electron chi connectivity index (χ2n) is 3.25. The second-order valence-corrected chi connectivity index (χ2v) is 3.25. The number of rotatable bonds is 9. The molecule has 1 N–H and O–H groups in total. The quantitative estimate of drug-likeness (QED) is 0.425. The summed E-state index contributed by atoms with van der Waals surface area (Å²) in [5.74, 6) is 0. The molecule has 0 aromatic heterocycles. The molecule has 0 unspecified atom stereocenters. The first-order chi connectivity index (χ1) is 6.41. The van der Waals surface area contributed by atoms with Crippen molar-refractivity contribution in [3.05, 3.63) is 24.8 Å². The first-order valence-electron chi connectivity index (χ1n) is 5.38. The van der Waals surface area contributed by atoms with Gasteiger partial charge >= 0.3 is 0 Å². The summed E-state index contributed by atoms with van der Waals surface area (Å²) >= 11 is 0. The number of unbranched alkanes of at least 4 members (excludes halogenated alkanes) is 3. The Labute approximate surface area is 82.9 Å². The minimum atomic E-state index is 1.02. The van der Waals surface area contributed by atoms with E-state index >= 15 is 0 Å². The summed E-state index contributed by atoms with van der Waals surface area (Å²) in [6.07, 6.45) is 12.6. The summed E-state index contributed by atoms with van der Waals surface area (Å²) in [5, 5.41) is 3.37. The normalized spacial score (nSPS) is 10.8. The third kappa shape index (κ3) is 11.4. The SMILES string of the molecule is C=CCCCC=CCNCCCC. The highest BCUT2D eigenvalue weighted by Crippen LogP contribution is 1.95. The lowest BCUT2D eigenvalue weighted by Gasteiger charge is -1.97. The molecule has 0 spiro atoms. The van der Waals surface area contributed by atoms with Gasteiger partial charge < -0.3 is 5.32 Å². The molecule has 1 heteroatoms. The van der Waals surface area contributed by atoms with Gasteiger partial charge in [0.25, 0.3) is 0 Å². The van der Waals surface area contributed by atoms with Crippen LogP contribution < -0.4 is 5.32 Å². The number of hydrogen-bond acceptors (Lipinski definition) is 1. The van der Waals surface area contributed by atoms with Gasteiger partial charge in [-0.3, -0.25) is 0 Å². The minimum Gasteiger partial charge on any atom is -0.313 e. The molecular weight excluding hydrogens is 158 g/mol. The maximum absolute atomic E-state index is 3.69. The molecule has 0 amide bonds. The molecule has 76 valence electrons. The Morgan fingerprint density at radius 1 is 1.15 bits per heavy atom. The van der Waals surface area contributed by atoms with Crippen LogP contribution in [-0.4, -0.2) is 13.1 Å². The Kier molecular flexibility index (Phi) is 10.9. The van der Waals surface area contributed by atoms with Crippen molar-refractivity contribution in [2.75, 3.05) is 13.1 Å². The Bertz CT molecular complexity index is 127. The van der Waals surface area contributed by atoms with Crippen molar-refractivity contribution in [2.45, 2.75) is 39.0 Å². The molecule has 0 saturated heterocycles. The van der Waals surface area contributed by atoms with E-state index < -0.39 is 0 Å². The molecule has 0 aromatic carbocycles. The first-order valence-corrected chi connectivity index (χ1v) is 5.38. The molecule has 0 radical (unpaired) electrons. The van der Waals surface area contributed by atoms with Gasteiger partial charge in [-0.2, -0.15) is 0 Å². The summed E-state index contributed by atoms with van der Waals surface area (Å²) in [4.78, 5) is 0. The van der Waals surface area contributed by atoms with Crippen LogP contribution in [-0.2, 0) is 0 Å². The lowest BCUT2D eigenvalue weighted by atomic mass is 10.2. The van der Waals surface area contributed by atoms with Crippen LogP contribution in [0.4, 0.5) is 0 Å². The zero-order valence-electron chi connectivity index (χ0n) is 8.89. The zero-order valence-corrected chi connectivity index (χ0v) is 8.89. The summed E-state index contributed by atoms with van der Waals surface area (Å²) in [7, 11) is 0. The molecule has 0 aliphatic rings. The van der Waals surface area contributed by atoms with Crippen molar-refractivity contribution < 1.29 is 0 Å². The Morgan fingerprint density at radius 2 is 2.00 bits per heavy atom. The van der Waals surface area contributed by atoms with E-state index in [2.05, 4.69) is 31.0 Å². The van der Waals surface area contributed by atoms with Crippen molar-refractivity contribution >= 4 is 0 Å². The Hall–Kier alpha value is -0.560.